The summed E-state index contributed by atoms with van der Waals surface area (Å²) in [6.45, 7) is 6.17. The fourth-order valence-electron chi connectivity index (χ4n) is 3.87. The average molecular weight is 610 g/mol. The van der Waals surface area contributed by atoms with Crippen molar-refractivity contribution in [1.82, 2.24) is 9.21 Å². The third-order valence-electron chi connectivity index (χ3n) is 5.90. The first-order valence-electron chi connectivity index (χ1n) is 11.9. The monoisotopic (exact) mass is 608 g/mol. The van der Waals surface area contributed by atoms with Crippen LogP contribution in [0.25, 0.3) is 0 Å². The molecule has 3 rings (SSSR count). The van der Waals surface area contributed by atoms with Crippen LogP contribution in [0.1, 0.15) is 29.2 Å². The number of aryl methyl sites for hydroxylation is 1. The molecule has 0 bridgehead atoms. The number of benzene rings is 2. The number of methoxy groups -OCH3 is 2. The maximum Gasteiger partial charge on any atom is 0.243 e. The van der Waals surface area contributed by atoms with E-state index in [9.17, 15) is 13.2 Å². The topological polar surface area (TPSA) is 76.2 Å². The zero-order valence-electron chi connectivity index (χ0n) is 21.7. The van der Waals surface area contributed by atoms with Crippen molar-refractivity contribution in [2.24, 2.45) is 0 Å². The standard InChI is InChI=1S/C27H33BrN2O5S2/c1-19(2)30(37(32,33)24-11-8-22(28)9-12-24)18-27(31)29(17-23-10-6-20(3)36-23)15-14-21-7-13-25(34-4)26(16-21)35-5/h6-13,16,19H,14-15,17-18H2,1-5H3. The lowest BCUT2D eigenvalue weighted by atomic mass is 10.1. The van der Waals surface area contributed by atoms with Gasteiger partial charge in [-0.15, -0.1) is 11.3 Å². The van der Waals surface area contributed by atoms with Gasteiger partial charge in [0.1, 0.15) is 0 Å². The number of carbonyl (C=O) groups excluding carboxylic acids is 1. The van der Waals surface area contributed by atoms with E-state index in [-0.39, 0.29) is 17.3 Å². The smallest absolute Gasteiger partial charge is 0.243 e. The van der Waals surface area contributed by atoms with Crippen LogP contribution < -0.4 is 9.47 Å². The Labute approximate surface area is 232 Å². The minimum atomic E-state index is -3.86. The van der Waals surface area contributed by atoms with Crippen molar-refractivity contribution in [1.29, 1.82) is 0 Å². The molecule has 0 saturated heterocycles. The molecule has 0 radical (unpaired) electrons. The highest BCUT2D eigenvalue weighted by Gasteiger charge is 2.31. The molecule has 0 N–H and O–H groups in total. The van der Waals surface area contributed by atoms with Gasteiger partial charge < -0.3 is 14.4 Å². The lowest BCUT2D eigenvalue weighted by Crippen LogP contribution is -2.46. The highest BCUT2D eigenvalue weighted by atomic mass is 79.9. The fraction of sp³-hybridized carbons (Fsp3) is 0.370. The van der Waals surface area contributed by atoms with Gasteiger partial charge in [0.15, 0.2) is 11.5 Å². The summed E-state index contributed by atoms with van der Waals surface area (Å²) in [4.78, 5) is 17.7. The molecule has 2 aromatic carbocycles. The molecule has 0 fully saturated rings. The van der Waals surface area contributed by atoms with Gasteiger partial charge in [-0.25, -0.2) is 8.42 Å². The largest absolute Gasteiger partial charge is 0.493 e. The molecule has 1 aromatic heterocycles. The molecule has 10 heteroatoms. The van der Waals surface area contributed by atoms with Crippen molar-refractivity contribution in [2.45, 2.75) is 44.7 Å². The van der Waals surface area contributed by atoms with Crippen molar-refractivity contribution >= 4 is 43.2 Å². The zero-order chi connectivity index (χ0) is 27.2. The van der Waals surface area contributed by atoms with E-state index >= 15 is 0 Å². The fourth-order valence-corrected chi connectivity index (χ4v) is 6.63. The van der Waals surface area contributed by atoms with E-state index < -0.39 is 16.1 Å². The van der Waals surface area contributed by atoms with Gasteiger partial charge >= 0.3 is 0 Å². The van der Waals surface area contributed by atoms with Gasteiger partial charge in [0.2, 0.25) is 15.9 Å². The number of thiophene rings is 1. The summed E-state index contributed by atoms with van der Waals surface area (Å²) in [6, 6.07) is 15.8. The van der Waals surface area contributed by atoms with Gasteiger partial charge in [0.05, 0.1) is 32.2 Å². The molecule has 200 valence electrons. The van der Waals surface area contributed by atoms with E-state index in [1.807, 2.05) is 37.3 Å². The number of hydrogen-bond acceptors (Lipinski definition) is 6. The third-order valence-corrected chi connectivity index (χ3v) is 9.45. The second kappa shape index (κ2) is 12.9. The minimum Gasteiger partial charge on any atom is -0.493 e. The van der Waals surface area contributed by atoms with Gasteiger partial charge in [0.25, 0.3) is 0 Å². The van der Waals surface area contributed by atoms with E-state index in [4.69, 9.17) is 9.47 Å². The number of carbonyl (C=O) groups is 1. The Morgan fingerprint density at radius 2 is 1.68 bits per heavy atom. The lowest BCUT2D eigenvalue weighted by molar-refractivity contribution is -0.132. The number of nitrogens with zero attached hydrogens (tertiary/aromatic N) is 2. The summed E-state index contributed by atoms with van der Waals surface area (Å²) in [5.74, 6) is 1.01. The Hall–Kier alpha value is -2.40. The number of hydrogen-bond donors (Lipinski definition) is 0. The first-order valence-corrected chi connectivity index (χ1v) is 14.9. The summed E-state index contributed by atoms with van der Waals surface area (Å²) in [5, 5.41) is 0. The predicted octanol–water partition coefficient (Wildman–Crippen LogP) is 5.51. The Morgan fingerprint density at radius 1 is 1.00 bits per heavy atom. The number of rotatable bonds is 12. The van der Waals surface area contributed by atoms with Crippen LogP contribution >= 0.6 is 27.3 Å². The molecular formula is C27H33BrN2O5S2. The molecule has 0 aliphatic heterocycles. The van der Waals surface area contributed by atoms with Crippen LogP contribution in [0.3, 0.4) is 0 Å². The molecule has 0 spiro atoms. The summed E-state index contributed by atoms with van der Waals surface area (Å²) in [6.07, 6.45) is 0.581. The molecule has 3 aromatic rings. The van der Waals surface area contributed by atoms with Gasteiger partial charge in [-0.05, 0) is 81.3 Å². The number of ether oxygens (including phenoxy) is 2. The molecule has 7 nitrogen and oxygen atoms in total. The highest BCUT2D eigenvalue weighted by Crippen LogP contribution is 2.28. The third kappa shape index (κ3) is 7.56. The molecule has 0 aliphatic carbocycles. The van der Waals surface area contributed by atoms with Crippen LogP contribution in [0, 0.1) is 6.92 Å². The van der Waals surface area contributed by atoms with E-state index in [1.54, 1.807) is 68.6 Å². The van der Waals surface area contributed by atoms with E-state index in [0.29, 0.717) is 31.0 Å². The van der Waals surface area contributed by atoms with Crippen LogP contribution in [-0.4, -0.2) is 56.9 Å². The summed E-state index contributed by atoms with van der Waals surface area (Å²) in [5.41, 5.74) is 0.987. The van der Waals surface area contributed by atoms with Crippen LogP contribution in [0.5, 0.6) is 11.5 Å². The Morgan fingerprint density at radius 3 is 2.24 bits per heavy atom. The van der Waals surface area contributed by atoms with E-state index in [0.717, 1.165) is 19.8 Å². The second-order valence-electron chi connectivity index (χ2n) is 8.86. The van der Waals surface area contributed by atoms with Gasteiger partial charge in [-0.1, -0.05) is 22.0 Å². The van der Waals surface area contributed by atoms with Crippen LogP contribution in [0.15, 0.2) is 64.0 Å². The van der Waals surface area contributed by atoms with Crippen molar-refractivity contribution in [3.05, 3.63) is 74.4 Å². The average Bonchev–Trinajstić information content (AvgIpc) is 3.29. The highest BCUT2D eigenvalue weighted by molar-refractivity contribution is 9.10. The van der Waals surface area contributed by atoms with E-state index in [1.165, 1.54) is 4.31 Å². The predicted molar refractivity (Wildman–Crippen MR) is 151 cm³/mol. The van der Waals surface area contributed by atoms with Gasteiger partial charge in [-0.3, -0.25) is 4.79 Å². The van der Waals surface area contributed by atoms with Gasteiger partial charge in [0, 0.05) is 26.8 Å². The Kier molecular flexibility index (Phi) is 10.2. The first-order chi connectivity index (χ1) is 17.5. The van der Waals surface area contributed by atoms with Crippen LogP contribution in [-0.2, 0) is 27.8 Å². The molecule has 0 atom stereocenters. The number of halogens is 1. The minimum absolute atomic E-state index is 0.156. The zero-order valence-corrected chi connectivity index (χ0v) is 25.0. The summed E-state index contributed by atoms with van der Waals surface area (Å²) in [7, 11) is -0.688. The normalized spacial score (nSPS) is 11.7. The second-order valence-corrected chi connectivity index (χ2v) is 13.0. The maximum absolute atomic E-state index is 13.6. The van der Waals surface area contributed by atoms with E-state index in [2.05, 4.69) is 15.9 Å². The molecule has 1 heterocycles. The Bertz CT molecular complexity index is 1310. The summed E-state index contributed by atoms with van der Waals surface area (Å²) < 4.78 is 39.7. The molecule has 0 unspecified atom stereocenters. The maximum atomic E-state index is 13.6. The molecule has 0 aliphatic rings. The molecule has 37 heavy (non-hydrogen) atoms. The van der Waals surface area contributed by atoms with Crippen molar-refractivity contribution < 1.29 is 22.7 Å². The molecule has 0 saturated carbocycles. The van der Waals surface area contributed by atoms with Crippen molar-refractivity contribution in [2.75, 3.05) is 27.3 Å². The number of amides is 1. The van der Waals surface area contributed by atoms with Crippen LogP contribution in [0.4, 0.5) is 0 Å². The van der Waals surface area contributed by atoms with Crippen molar-refractivity contribution in [3.8, 4) is 11.5 Å². The first kappa shape index (κ1) is 29.2. The molecular weight excluding hydrogens is 576 g/mol. The Balaban J connectivity index is 1.84. The lowest BCUT2D eigenvalue weighted by Gasteiger charge is -2.29. The summed E-state index contributed by atoms with van der Waals surface area (Å²) >= 11 is 4.97. The molecule has 1 amide bonds. The quantitative estimate of drug-likeness (QED) is 0.271. The number of sulfonamides is 1. The SMILES string of the molecule is COc1ccc(CCN(Cc2ccc(C)s2)C(=O)CN(C(C)C)S(=O)(=O)c2ccc(Br)cc2)cc1OC. The van der Waals surface area contributed by atoms with Gasteiger partial charge in [-0.2, -0.15) is 4.31 Å². The van der Waals surface area contributed by atoms with Crippen LogP contribution in [0.2, 0.25) is 0 Å². The van der Waals surface area contributed by atoms with Crippen molar-refractivity contribution in [3.63, 3.8) is 0 Å².